The van der Waals surface area contributed by atoms with Gasteiger partial charge in [-0.1, -0.05) is 30.3 Å². The zero-order valence-electron chi connectivity index (χ0n) is 18.5. The first-order valence-corrected chi connectivity index (χ1v) is 10.3. The lowest BCUT2D eigenvalue weighted by Gasteiger charge is -2.24. The van der Waals surface area contributed by atoms with Crippen LogP contribution in [0.1, 0.15) is 31.7 Å². The van der Waals surface area contributed by atoms with Gasteiger partial charge in [-0.3, -0.25) is 28.8 Å². The second-order valence-electron chi connectivity index (χ2n) is 7.59. The van der Waals surface area contributed by atoms with Gasteiger partial charge >= 0.3 is 11.9 Å². The molecule has 0 aliphatic heterocycles. The SMILES string of the molecule is CC(NC(=O)C(CCC(=O)O)NC(=O)C(CC(N)=O)NC(=O)C(N)Cc1ccccc1)C(=O)O. The highest BCUT2D eigenvalue weighted by Gasteiger charge is 2.30. The summed E-state index contributed by atoms with van der Waals surface area (Å²) in [5.74, 6) is -6.23. The molecule has 186 valence electrons. The van der Waals surface area contributed by atoms with Crippen molar-refractivity contribution >= 4 is 35.6 Å². The number of carboxylic acid groups (broad SMARTS) is 2. The summed E-state index contributed by atoms with van der Waals surface area (Å²) in [5.41, 5.74) is 11.8. The van der Waals surface area contributed by atoms with Crippen LogP contribution in [0, 0.1) is 0 Å². The summed E-state index contributed by atoms with van der Waals surface area (Å²) in [7, 11) is 0. The van der Waals surface area contributed by atoms with Gasteiger partial charge in [0.25, 0.3) is 0 Å². The molecular formula is C21H29N5O8. The average Bonchev–Trinajstić information content (AvgIpc) is 2.75. The van der Waals surface area contributed by atoms with Gasteiger partial charge in [-0.2, -0.15) is 0 Å². The van der Waals surface area contributed by atoms with E-state index in [4.69, 9.17) is 21.7 Å². The second-order valence-corrected chi connectivity index (χ2v) is 7.59. The van der Waals surface area contributed by atoms with E-state index in [-0.39, 0.29) is 12.8 Å². The van der Waals surface area contributed by atoms with Crippen LogP contribution in [0.2, 0.25) is 0 Å². The number of hydrogen-bond donors (Lipinski definition) is 7. The van der Waals surface area contributed by atoms with Crippen LogP contribution in [0.3, 0.4) is 0 Å². The van der Waals surface area contributed by atoms with Gasteiger partial charge in [0.05, 0.1) is 12.5 Å². The van der Waals surface area contributed by atoms with Crippen molar-refractivity contribution in [3.05, 3.63) is 35.9 Å². The third kappa shape index (κ3) is 10.1. The van der Waals surface area contributed by atoms with Gasteiger partial charge in [-0.05, 0) is 25.3 Å². The number of nitrogens with two attached hydrogens (primary N) is 2. The Morgan fingerprint density at radius 1 is 0.882 bits per heavy atom. The molecule has 0 spiro atoms. The Morgan fingerprint density at radius 2 is 1.44 bits per heavy atom. The smallest absolute Gasteiger partial charge is 0.325 e. The highest BCUT2D eigenvalue weighted by molar-refractivity contribution is 5.96. The zero-order valence-corrected chi connectivity index (χ0v) is 18.5. The number of hydrogen-bond acceptors (Lipinski definition) is 7. The number of aliphatic carboxylic acids is 2. The van der Waals surface area contributed by atoms with Gasteiger partial charge in [0.15, 0.2) is 0 Å². The number of rotatable bonds is 14. The Kier molecular flexibility index (Phi) is 11.2. The van der Waals surface area contributed by atoms with Gasteiger partial charge in [0.1, 0.15) is 18.1 Å². The molecule has 13 heteroatoms. The minimum Gasteiger partial charge on any atom is -0.481 e. The minimum absolute atomic E-state index is 0.147. The quantitative estimate of drug-likeness (QED) is 0.154. The summed E-state index contributed by atoms with van der Waals surface area (Å²) in [6, 6.07) is 3.50. The molecule has 9 N–H and O–H groups in total. The third-order valence-corrected chi connectivity index (χ3v) is 4.68. The Bertz CT molecular complexity index is 908. The molecule has 1 aromatic carbocycles. The van der Waals surface area contributed by atoms with Gasteiger partial charge < -0.3 is 37.6 Å². The normalized spacial score (nSPS) is 14.1. The van der Waals surface area contributed by atoms with E-state index in [2.05, 4.69) is 16.0 Å². The molecule has 0 heterocycles. The molecule has 0 saturated carbocycles. The summed E-state index contributed by atoms with van der Waals surface area (Å²) >= 11 is 0. The van der Waals surface area contributed by atoms with Gasteiger partial charge in [-0.25, -0.2) is 0 Å². The Balaban J connectivity index is 2.93. The first kappa shape index (κ1) is 28.0. The van der Waals surface area contributed by atoms with Crippen LogP contribution < -0.4 is 27.4 Å². The first-order chi connectivity index (χ1) is 15.9. The predicted octanol–water partition coefficient (Wildman–Crippen LogP) is -2.14. The zero-order chi connectivity index (χ0) is 25.8. The Labute approximate surface area is 195 Å². The highest BCUT2D eigenvalue weighted by Crippen LogP contribution is 2.05. The fourth-order valence-corrected chi connectivity index (χ4v) is 2.83. The Morgan fingerprint density at radius 3 is 1.97 bits per heavy atom. The molecule has 0 bridgehead atoms. The lowest BCUT2D eigenvalue weighted by Crippen LogP contribution is -2.57. The van der Waals surface area contributed by atoms with Crippen molar-refractivity contribution in [1.82, 2.24) is 16.0 Å². The summed E-state index contributed by atoms with van der Waals surface area (Å²) in [4.78, 5) is 71.0. The van der Waals surface area contributed by atoms with Crippen molar-refractivity contribution in [2.75, 3.05) is 0 Å². The molecule has 0 aliphatic carbocycles. The summed E-state index contributed by atoms with van der Waals surface area (Å²) in [5, 5.41) is 24.5. The number of primary amides is 1. The van der Waals surface area contributed by atoms with E-state index in [1.54, 1.807) is 30.3 Å². The van der Waals surface area contributed by atoms with Crippen molar-refractivity contribution in [3.63, 3.8) is 0 Å². The molecule has 1 aromatic rings. The fourth-order valence-electron chi connectivity index (χ4n) is 2.83. The monoisotopic (exact) mass is 479 g/mol. The molecule has 1 rings (SSSR count). The van der Waals surface area contributed by atoms with Gasteiger partial charge in [0.2, 0.25) is 23.6 Å². The van der Waals surface area contributed by atoms with E-state index in [9.17, 15) is 28.8 Å². The number of carbonyl (C=O) groups excluding carboxylic acids is 4. The topological polar surface area (TPSA) is 231 Å². The van der Waals surface area contributed by atoms with Crippen LogP contribution in [-0.2, 0) is 35.2 Å². The maximum atomic E-state index is 12.8. The summed E-state index contributed by atoms with van der Waals surface area (Å²) < 4.78 is 0. The molecule has 4 amide bonds. The van der Waals surface area contributed by atoms with Crippen LogP contribution in [-0.4, -0.2) is 69.9 Å². The molecule has 0 aromatic heterocycles. The van der Waals surface area contributed by atoms with Crippen LogP contribution >= 0.6 is 0 Å². The standard InChI is InChI=1S/C21H29N5O8/c1-11(21(33)34)24-19(31)14(7-8-17(28)29)25-20(32)15(10-16(23)27)26-18(30)13(22)9-12-5-3-2-4-6-12/h2-6,11,13-15H,7-10,22H2,1H3,(H2,23,27)(H,24,31)(H,25,32)(H,26,30)(H,28,29)(H,33,34). The number of benzene rings is 1. The average molecular weight is 479 g/mol. The second kappa shape index (κ2) is 13.5. The van der Waals surface area contributed by atoms with Gasteiger partial charge in [-0.15, -0.1) is 0 Å². The maximum Gasteiger partial charge on any atom is 0.325 e. The molecule has 0 saturated heterocycles. The van der Waals surface area contributed by atoms with Gasteiger partial charge in [0, 0.05) is 6.42 Å². The first-order valence-electron chi connectivity index (χ1n) is 10.3. The molecule has 4 atom stereocenters. The molecule has 0 radical (unpaired) electrons. The predicted molar refractivity (Wildman–Crippen MR) is 118 cm³/mol. The molecule has 0 aliphatic rings. The van der Waals surface area contributed by atoms with Crippen molar-refractivity contribution in [1.29, 1.82) is 0 Å². The van der Waals surface area contributed by atoms with Crippen molar-refractivity contribution in [2.45, 2.75) is 56.8 Å². The largest absolute Gasteiger partial charge is 0.481 e. The lowest BCUT2D eigenvalue weighted by atomic mass is 10.0. The van der Waals surface area contributed by atoms with Crippen molar-refractivity contribution < 1.29 is 39.0 Å². The third-order valence-electron chi connectivity index (χ3n) is 4.68. The number of amides is 4. The van der Waals surface area contributed by atoms with E-state index in [0.29, 0.717) is 0 Å². The van der Waals surface area contributed by atoms with Crippen molar-refractivity contribution in [2.24, 2.45) is 11.5 Å². The number of carboxylic acids is 2. The molecule has 4 unspecified atom stereocenters. The van der Waals surface area contributed by atoms with Crippen LogP contribution in [0.4, 0.5) is 0 Å². The fraction of sp³-hybridized carbons (Fsp3) is 0.429. The van der Waals surface area contributed by atoms with E-state index in [1.165, 1.54) is 6.92 Å². The van der Waals surface area contributed by atoms with E-state index >= 15 is 0 Å². The summed E-state index contributed by atoms with van der Waals surface area (Å²) in [6.07, 6.45) is -1.36. The number of carbonyl (C=O) groups is 6. The van der Waals surface area contributed by atoms with Crippen molar-refractivity contribution in [3.8, 4) is 0 Å². The minimum atomic E-state index is -1.50. The lowest BCUT2D eigenvalue weighted by molar-refractivity contribution is -0.142. The highest BCUT2D eigenvalue weighted by atomic mass is 16.4. The molecule has 0 fully saturated rings. The van der Waals surface area contributed by atoms with Crippen LogP contribution in [0.5, 0.6) is 0 Å². The molecule has 13 nitrogen and oxygen atoms in total. The molecular weight excluding hydrogens is 450 g/mol. The summed E-state index contributed by atoms with van der Waals surface area (Å²) in [6.45, 7) is 1.18. The maximum absolute atomic E-state index is 12.8. The Hall–Kier alpha value is -4.00. The van der Waals surface area contributed by atoms with Crippen LogP contribution in [0.25, 0.3) is 0 Å². The van der Waals surface area contributed by atoms with E-state index < -0.39 is 72.6 Å². The molecule has 34 heavy (non-hydrogen) atoms. The van der Waals surface area contributed by atoms with E-state index in [0.717, 1.165) is 5.56 Å². The number of nitrogens with one attached hydrogen (secondary N) is 3. The van der Waals surface area contributed by atoms with E-state index in [1.807, 2.05) is 0 Å². The van der Waals surface area contributed by atoms with Crippen LogP contribution in [0.15, 0.2) is 30.3 Å².